The number of allylic oxidation sites excluding steroid dienone is 1. The van der Waals surface area contributed by atoms with Gasteiger partial charge in [0.25, 0.3) is 5.56 Å². The lowest BCUT2D eigenvalue weighted by molar-refractivity contribution is -0.113. The Morgan fingerprint density at radius 3 is 2.79 bits per heavy atom. The Labute approximate surface area is 171 Å². The molecule has 1 aromatic heterocycles. The average Bonchev–Trinajstić information content (AvgIpc) is 2.74. The number of carbonyl (C=O) groups is 2. The number of hydrogen-bond acceptors (Lipinski definition) is 6. The number of anilines is 1. The van der Waals surface area contributed by atoms with Gasteiger partial charge in [-0.15, -0.1) is 6.58 Å². The number of ether oxygens (including phenoxy) is 1. The summed E-state index contributed by atoms with van der Waals surface area (Å²) in [6.07, 6.45) is 1.61. The molecular formula is C21H19N3O4S. The highest BCUT2D eigenvalue weighted by atomic mass is 32.2. The molecule has 1 N–H and O–H groups in total. The lowest BCUT2D eigenvalue weighted by Gasteiger charge is -2.11. The number of nitrogens with zero attached hydrogens (tertiary/aromatic N) is 2. The van der Waals surface area contributed by atoms with E-state index in [1.807, 2.05) is 6.07 Å². The summed E-state index contributed by atoms with van der Waals surface area (Å²) in [5.74, 6) is -0.724. The summed E-state index contributed by atoms with van der Waals surface area (Å²) < 4.78 is 6.17. The van der Waals surface area contributed by atoms with E-state index in [-0.39, 0.29) is 17.2 Å². The number of aromatic nitrogens is 2. The van der Waals surface area contributed by atoms with Gasteiger partial charge in [0.05, 0.1) is 29.3 Å². The molecule has 148 valence electrons. The van der Waals surface area contributed by atoms with Crippen molar-refractivity contribution < 1.29 is 14.3 Å². The summed E-state index contributed by atoms with van der Waals surface area (Å²) in [6.45, 7) is 3.98. The van der Waals surface area contributed by atoms with E-state index >= 15 is 0 Å². The molecule has 0 spiro atoms. The summed E-state index contributed by atoms with van der Waals surface area (Å²) in [6, 6.07) is 13.5. The van der Waals surface area contributed by atoms with Crippen molar-refractivity contribution in [3.8, 4) is 0 Å². The van der Waals surface area contributed by atoms with Gasteiger partial charge in [0, 0.05) is 12.2 Å². The molecule has 3 rings (SSSR count). The minimum absolute atomic E-state index is 0.0460. The molecule has 1 heterocycles. The van der Waals surface area contributed by atoms with Gasteiger partial charge < -0.3 is 10.1 Å². The monoisotopic (exact) mass is 409 g/mol. The molecule has 29 heavy (non-hydrogen) atoms. The fourth-order valence-electron chi connectivity index (χ4n) is 2.72. The maximum Gasteiger partial charge on any atom is 0.337 e. The van der Waals surface area contributed by atoms with Crippen LogP contribution in [0.1, 0.15) is 10.4 Å². The number of esters is 1. The van der Waals surface area contributed by atoms with Gasteiger partial charge in [0.15, 0.2) is 5.16 Å². The Kier molecular flexibility index (Phi) is 6.46. The Morgan fingerprint density at radius 1 is 1.24 bits per heavy atom. The number of nitrogens with one attached hydrogen (secondary N) is 1. The zero-order valence-electron chi connectivity index (χ0n) is 15.8. The first-order valence-electron chi connectivity index (χ1n) is 8.75. The Bertz CT molecular complexity index is 1140. The summed E-state index contributed by atoms with van der Waals surface area (Å²) in [5, 5.41) is 3.69. The first-order chi connectivity index (χ1) is 14.0. The standard InChI is InChI=1S/C21H19N3O4S/c1-3-11-24-19(26)16-9-4-5-10-17(16)23-21(24)29-13-18(25)22-15-8-6-7-14(12-15)20(27)28-2/h3-10,12H,1,11,13H2,2H3,(H,22,25). The molecule has 0 aliphatic rings. The number of fused-ring (bicyclic) bond motifs is 1. The second-order valence-corrected chi connectivity index (χ2v) is 6.97. The second kappa shape index (κ2) is 9.20. The Morgan fingerprint density at radius 2 is 2.03 bits per heavy atom. The van der Waals surface area contributed by atoms with Crippen molar-refractivity contribution in [2.24, 2.45) is 0 Å². The predicted molar refractivity (Wildman–Crippen MR) is 113 cm³/mol. The third kappa shape index (κ3) is 4.72. The summed E-state index contributed by atoms with van der Waals surface area (Å²) in [7, 11) is 1.30. The Hall–Kier alpha value is -3.39. The lowest BCUT2D eigenvalue weighted by atomic mass is 10.2. The highest BCUT2D eigenvalue weighted by molar-refractivity contribution is 7.99. The minimum Gasteiger partial charge on any atom is -0.465 e. The minimum atomic E-state index is -0.482. The van der Waals surface area contributed by atoms with Crippen LogP contribution >= 0.6 is 11.8 Å². The normalized spacial score (nSPS) is 10.5. The number of para-hydroxylation sites is 1. The van der Waals surface area contributed by atoms with Crippen molar-refractivity contribution in [2.45, 2.75) is 11.7 Å². The molecule has 0 bridgehead atoms. The Balaban J connectivity index is 1.77. The number of hydrogen-bond donors (Lipinski definition) is 1. The van der Waals surface area contributed by atoms with E-state index in [2.05, 4.69) is 21.6 Å². The number of carbonyl (C=O) groups excluding carboxylic acids is 2. The van der Waals surface area contributed by atoms with Crippen molar-refractivity contribution in [1.29, 1.82) is 0 Å². The van der Waals surface area contributed by atoms with Crippen LogP contribution in [0.4, 0.5) is 5.69 Å². The van der Waals surface area contributed by atoms with E-state index in [9.17, 15) is 14.4 Å². The maximum absolute atomic E-state index is 12.7. The molecule has 0 aliphatic carbocycles. The van der Waals surface area contributed by atoms with Crippen LogP contribution in [0.2, 0.25) is 0 Å². The molecule has 0 atom stereocenters. The van der Waals surface area contributed by atoms with E-state index < -0.39 is 5.97 Å². The molecule has 0 unspecified atom stereocenters. The van der Waals surface area contributed by atoms with Crippen molar-refractivity contribution in [3.05, 3.63) is 77.1 Å². The molecule has 0 fully saturated rings. The van der Waals surface area contributed by atoms with Crippen LogP contribution in [0.15, 0.2) is 71.1 Å². The molecule has 1 amide bonds. The van der Waals surface area contributed by atoms with Gasteiger partial charge in [-0.1, -0.05) is 36.0 Å². The molecule has 0 aliphatic heterocycles. The third-order valence-electron chi connectivity index (χ3n) is 4.04. The van der Waals surface area contributed by atoms with E-state index in [0.717, 1.165) is 11.8 Å². The lowest BCUT2D eigenvalue weighted by Crippen LogP contribution is -2.23. The molecule has 8 heteroatoms. The average molecular weight is 409 g/mol. The highest BCUT2D eigenvalue weighted by Gasteiger charge is 2.13. The SMILES string of the molecule is C=CCn1c(SCC(=O)Nc2cccc(C(=O)OC)c2)nc2ccccc2c1=O. The van der Waals surface area contributed by atoms with Crippen molar-refractivity contribution >= 4 is 40.2 Å². The van der Waals surface area contributed by atoms with Gasteiger partial charge in [-0.05, 0) is 30.3 Å². The van der Waals surface area contributed by atoms with Crippen LogP contribution < -0.4 is 10.9 Å². The third-order valence-corrected chi connectivity index (χ3v) is 5.01. The van der Waals surface area contributed by atoms with Gasteiger partial charge >= 0.3 is 5.97 Å². The van der Waals surface area contributed by atoms with Crippen LogP contribution in [0.25, 0.3) is 10.9 Å². The van der Waals surface area contributed by atoms with Crippen molar-refractivity contribution in [2.75, 3.05) is 18.2 Å². The predicted octanol–water partition coefficient (Wildman–Crippen LogP) is 3.10. The molecule has 2 aromatic carbocycles. The first-order valence-corrected chi connectivity index (χ1v) is 9.73. The van der Waals surface area contributed by atoms with Gasteiger partial charge in [0.1, 0.15) is 0 Å². The van der Waals surface area contributed by atoms with E-state index in [1.165, 1.54) is 17.7 Å². The number of benzene rings is 2. The smallest absolute Gasteiger partial charge is 0.337 e. The molecule has 0 saturated heterocycles. The molecular weight excluding hydrogens is 390 g/mol. The van der Waals surface area contributed by atoms with Gasteiger partial charge in [-0.2, -0.15) is 0 Å². The van der Waals surface area contributed by atoms with E-state index in [1.54, 1.807) is 42.5 Å². The van der Waals surface area contributed by atoms with Crippen LogP contribution in [0.3, 0.4) is 0 Å². The van der Waals surface area contributed by atoms with Crippen LogP contribution in [0.5, 0.6) is 0 Å². The molecule has 3 aromatic rings. The highest BCUT2D eigenvalue weighted by Crippen LogP contribution is 2.19. The fraction of sp³-hybridized carbons (Fsp3) is 0.143. The van der Waals surface area contributed by atoms with Crippen LogP contribution in [0, 0.1) is 0 Å². The first kappa shape index (κ1) is 20.3. The largest absolute Gasteiger partial charge is 0.465 e. The van der Waals surface area contributed by atoms with Crippen molar-refractivity contribution in [3.63, 3.8) is 0 Å². The topological polar surface area (TPSA) is 90.3 Å². The van der Waals surface area contributed by atoms with Gasteiger partial charge in [0.2, 0.25) is 5.91 Å². The number of rotatable bonds is 7. The fourth-order valence-corrected chi connectivity index (χ4v) is 3.53. The van der Waals surface area contributed by atoms with Gasteiger partial charge in [-0.25, -0.2) is 9.78 Å². The van der Waals surface area contributed by atoms with Gasteiger partial charge in [-0.3, -0.25) is 14.2 Å². The number of amides is 1. The maximum atomic E-state index is 12.7. The van der Waals surface area contributed by atoms with Crippen molar-refractivity contribution in [1.82, 2.24) is 9.55 Å². The van der Waals surface area contributed by atoms with E-state index in [0.29, 0.717) is 33.9 Å². The van der Waals surface area contributed by atoms with Crippen LogP contribution in [-0.4, -0.2) is 34.3 Å². The number of thioether (sulfide) groups is 1. The van der Waals surface area contributed by atoms with E-state index in [4.69, 9.17) is 0 Å². The molecule has 0 saturated carbocycles. The summed E-state index contributed by atoms with van der Waals surface area (Å²) >= 11 is 1.16. The quantitative estimate of drug-likeness (QED) is 0.279. The summed E-state index contributed by atoms with van der Waals surface area (Å²) in [5.41, 5.74) is 1.22. The zero-order chi connectivity index (χ0) is 20.8. The molecule has 0 radical (unpaired) electrons. The van der Waals surface area contributed by atoms with Crippen LogP contribution in [-0.2, 0) is 16.1 Å². The zero-order valence-corrected chi connectivity index (χ0v) is 16.6. The number of methoxy groups -OCH3 is 1. The molecule has 7 nitrogen and oxygen atoms in total. The summed E-state index contributed by atoms with van der Waals surface area (Å²) in [4.78, 5) is 41.2. The second-order valence-electron chi connectivity index (χ2n) is 6.03.